The number of nitrogens with one attached hydrogen (secondary N) is 1. The maximum atomic E-state index is 12.2. The van der Waals surface area contributed by atoms with Gasteiger partial charge in [0.1, 0.15) is 0 Å². The van der Waals surface area contributed by atoms with Crippen molar-refractivity contribution in [3.05, 3.63) is 0 Å². The Morgan fingerprint density at radius 3 is 2.47 bits per heavy atom. The second-order valence-corrected chi connectivity index (χ2v) is 5.57. The molecule has 0 aliphatic heterocycles. The van der Waals surface area contributed by atoms with E-state index in [1.54, 1.807) is 0 Å². The fraction of sp³-hybridized carbons (Fsp3) is 0.929. The molecule has 17 heavy (non-hydrogen) atoms. The van der Waals surface area contributed by atoms with Crippen molar-refractivity contribution >= 4 is 5.91 Å². The van der Waals surface area contributed by atoms with Crippen LogP contribution >= 0.6 is 0 Å². The van der Waals surface area contributed by atoms with Crippen LogP contribution in [0.3, 0.4) is 0 Å². The Balaban J connectivity index is 2.40. The largest absolute Gasteiger partial charge is 0.343 e. The molecule has 1 unspecified atom stereocenters. The van der Waals surface area contributed by atoms with Crippen LogP contribution in [0, 0.1) is 11.8 Å². The average Bonchev–Trinajstić information content (AvgIpc) is 2.35. The molecule has 1 saturated carbocycles. The smallest absolute Gasteiger partial charge is 0.226 e. The summed E-state index contributed by atoms with van der Waals surface area (Å²) in [5.74, 6) is 1.23. The van der Waals surface area contributed by atoms with Crippen LogP contribution in [0.2, 0.25) is 0 Å². The van der Waals surface area contributed by atoms with E-state index in [1.165, 1.54) is 25.7 Å². The van der Waals surface area contributed by atoms with E-state index in [9.17, 15) is 4.79 Å². The van der Waals surface area contributed by atoms with Crippen LogP contribution < -0.4 is 5.32 Å². The van der Waals surface area contributed by atoms with E-state index < -0.39 is 0 Å². The zero-order chi connectivity index (χ0) is 12.8. The number of rotatable bonds is 5. The number of amides is 1. The zero-order valence-corrected chi connectivity index (χ0v) is 11.8. The van der Waals surface area contributed by atoms with Gasteiger partial charge in [0.25, 0.3) is 0 Å². The number of hydrogen-bond donors (Lipinski definition) is 1. The lowest BCUT2D eigenvalue weighted by Gasteiger charge is -2.35. The third kappa shape index (κ3) is 4.30. The van der Waals surface area contributed by atoms with Crippen LogP contribution in [-0.2, 0) is 4.79 Å². The molecule has 1 aliphatic rings. The first kappa shape index (κ1) is 14.5. The lowest BCUT2D eigenvalue weighted by Crippen LogP contribution is -2.44. The molecule has 0 spiro atoms. The maximum absolute atomic E-state index is 12.2. The maximum Gasteiger partial charge on any atom is 0.226 e. The summed E-state index contributed by atoms with van der Waals surface area (Å²) in [7, 11) is 1.98. The van der Waals surface area contributed by atoms with E-state index in [4.69, 9.17) is 0 Å². The van der Waals surface area contributed by atoms with Gasteiger partial charge in [0, 0.05) is 25.6 Å². The summed E-state index contributed by atoms with van der Waals surface area (Å²) in [4.78, 5) is 14.2. The molecule has 1 atom stereocenters. The number of nitrogens with zero attached hydrogens (tertiary/aromatic N) is 1. The highest BCUT2D eigenvalue weighted by molar-refractivity contribution is 5.78. The lowest BCUT2D eigenvalue weighted by molar-refractivity contribution is -0.136. The van der Waals surface area contributed by atoms with Gasteiger partial charge in [0.15, 0.2) is 0 Å². The molecule has 1 aliphatic carbocycles. The minimum absolute atomic E-state index is 0.0966. The Bertz CT molecular complexity index is 234. The monoisotopic (exact) mass is 240 g/mol. The van der Waals surface area contributed by atoms with Crippen LogP contribution in [0.4, 0.5) is 0 Å². The van der Waals surface area contributed by atoms with Crippen LogP contribution in [0.5, 0.6) is 0 Å². The molecule has 1 N–H and O–H groups in total. The van der Waals surface area contributed by atoms with Crippen LogP contribution in [0.1, 0.15) is 46.5 Å². The van der Waals surface area contributed by atoms with Gasteiger partial charge in [0.05, 0.1) is 0 Å². The van der Waals surface area contributed by atoms with Crippen molar-refractivity contribution in [1.82, 2.24) is 10.2 Å². The van der Waals surface area contributed by atoms with Gasteiger partial charge in [-0.2, -0.15) is 0 Å². The van der Waals surface area contributed by atoms with Crippen molar-refractivity contribution in [2.24, 2.45) is 11.8 Å². The molecule has 1 rings (SSSR count). The molecule has 0 aromatic heterocycles. The molecule has 0 aromatic carbocycles. The number of hydrogen-bond acceptors (Lipinski definition) is 2. The Morgan fingerprint density at radius 2 is 1.94 bits per heavy atom. The van der Waals surface area contributed by atoms with E-state index in [1.807, 2.05) is 18.9 Å². The second-order valence-electron chi connectivity index (χ2n) is 5.57. The Hall–Kier alpha value is -0.570. The quantitative estimate of drug-likeness (QED) is 0.799. The van der Waals surface area contributed by atoms with Crippen molar-refractivity contribution in [3.8, 4) is 0 Å². The van der Waals surface area contributed by atoms with Crippen molar-refractivity contribution in [2.75, 3.05) is 20.1 Å². The van der Waals surface area contributed by atoms with Gasteiger partial charge in [0.2, 0.25) is 5.91 Å². The third-order valence-electron chi connectivity index (χ3n) is 4.00. The molecule has 3 heteroatoms. The van der Waals surface area contributed by atoms with Gasteiger partial charge < -0.3 is 10.2 Å². The minimum Gasteiger partial charge on any atom is -0.343 e. The van der Waals surface area contributed by atoms with Crippen molar-refractivity contribution in [3.63, 3.8) is 0 Å². The van der Waals surface area contributed by atoms with Crippen molar-refractivity contribution in [2.45, 2.75) is 52.5 Å². The molecular weight excluding hydrogens is 212 g/mol. The fourth-order valence-corrected chi connectivity index (χ4v) is 2.61. The molecule has 0 saturated heterocycles. The number of carbonyl (C=O) groups is 1. The van der Waals surface area contributed by atoms with Gasteiger partial charge >= 0.3 is 0 Å². The van der Waals surface area contributed by atoms with E-state index in [0.29, 0.717) is 11.9 Å². The van der Waals surface area contributed by atoms with Crippen molar-refractivity contribution < 1.29 is 4.79 Å². The molecule has 0 bridgehead atoms. The highest BCUT2D eigenvalue weighted by atomic mass is 16.2. The molecule has 100 valence electrons. The van der Waals surface area contributed by atoms with Crippen LogP contribution in [-0.4, -0.2) is 37.0 Å². The van der Waals surface area contributed by atoms with Gasteiger partial charge in [-0.05, 0) is 38.1 Å². The first-order valence-corrected chi connectivity index (χ1v) is 7.03. The van der Waals surface area contributed by atoms with Crippen LogP contribution in [0.25, 0.3) is 0 Å². The van der Waals surface area contributed by atoms with Gasteiger partial charge in [-0.25, -0.2) is 0 Å². The molecule has 1 fully saturated rings. The van der Waals surface area contributed by atoms with E-state index in [2.05, 4.69) is 19.2 Å². The molecule has 0 heterocycles. The summed E-state index contributed by atoms with van der Waals surface area (Å²) in [5, 5.41) is 3.25. The normalized spacial score (nSPS) is 26.6. The van der Waals surface area contributed by atoms with E-state index in [-0.39, 0.29) is 5.92 Å². The predicted molar refractivity (Wildman–Crippen MR) is 71.9 cm³/mol. The Morgan fingerprint density at radius 1 is 1.35 bits per heavy atom. The van der Waals surface area contributed by atoms with Crippen molar-refractivity contribution in [1.29, 1.82) is 0 Å². The summed E-state index contributed by atoms with van der Waals surface area (Å²) in [5.41, 5.74) is 0. The lowest BCUT2D eigenvalue weighted by atomic mass is 9.86. The topological polar surface area (TPSA) is 32.3 Å². The molecule has 1 amide bonds. The highest BCUT2D eigenvalue weighted by Gasteiger charge is 2.26. The fourth-order valence-electron chi connectivity index (χ4n) is 2.61. The Kier molecular flexibility index (Phi) is 5.96. The molecule has 0 aromatic rings. The highest BCUT2D eigenvalue weighted by Crippen LogP contribution is 2.27. The zero-order valence-electron chi connectivity index (χ0n) is 11.8. The molecule has 3 nitrogen and oxygen atoms in total. The SMILES string of the molecule is CCNCC(C)C(=O)N(C)C1CCC(C)CC1. The summed E-state index contributed by atoms with van der Waals surface area (Å²) in [6, 6.07) is 0.475. The molecule has 0 radical (unpaired) electrons. The first-order valence-electron chi connectivity index (χ1n) is 7.03. The second kappa shape index (κ2) is 7.00. The van der Waals surface area contributed by atoms with Gasteiger partial charge in [-0.3, -0.25) is 4.79 Å². The standard InChI is InChI=1S/C14H28N2O/c1-5-15-10-12(3)14(17)16(4)13-8-6-11(2)7-9-13/h11-13,15H,5-10H2,1-4H3. The van der Waals surface area contributed by atoms with E-state index >= 15 is 0 Å². The first-order chi connectivity index (χ1) is 8.06. The van der Waals surface area contributed by atoms with Gasteiger partial charge in [-0.1, -0.05) is 20.8 Å². The van der Waals surface area contributed by atoms with Crippen LogP contribution in [0.15, 0.2) is 0 Å². The summed E-state index contributed by atoms with van der Waals surface area (Å²) < 4.78 is 0. The average molecular weight is 240 g/mol. The minimum atomic E-state index is 0.0966. The molecular formula is C14H28N2O. The number of carbonyl (C=O) groups excluding carboxylic acids is 1. The predicted octanol–water partition coefficient (Wildman–Crippen LogP) is 2.27. The summed E-state index contributed by atoms with van der Waals surface area (Å²) in [6.07, 6.45) is 4.89. The van der Waals surface area contributed by atoms with Gasteiger partial charge in [-0.15, -0.1) is 0 Å². The summed E-state index contributed by atoms with van der Waals surface area (Å²) >= 11 is 0. The van der Waals surface area contributed by atoms with E-state index in [0.717, 1.165) is 19.0 Å². The summed E-state index contributed by atoms with van der Waals surface area (Å²) in [6.45, 7) is 8.13. The Labute approximate surface area is 106 Å². The third-order valence-corrected chi connectivity index (χ3v) is 4.00.